The molecule has 4 heteroatoms. The van der Waals surface area contributed by atoms with Gasteiger partial charge in [0.1, 0.15) is 0 Å². The summed E-state index contributed by atoms with van der Waals surface area (Å²) in [5, 5.41) is 0. The van der Waals surface area contributed by atoms with Gasteiger partial charge in [0.25, 0.3) is 0 Å². The van der Waals surface area contributed by atoms with Crippen molar-refractivity contribution in [3.8, 4) is 0 Å². The fourth-order valence-electron chi connectivity index (χ4n) is 0.831. The van der Waals surface area contributed by atoms with Crippen LogP contribution < -0.4 is 17.2 Å². The van der Waals surface area contributed by atoms with E-state index in [0.29, 0.717) is 17.9 Å². The highest BCUT2D eigenvalue weighted by molar-refractivity contribution is 5.74. The molecular weight excluding hydrogens is 152 g/mol. The van der Waals surface area contributed by atoms with Crippen LogP contribution in [0.5, 0.6) is 0 Å². The van der Waals surface area contributed by atoms with Gasteiger partial charge in [-0.3, -0.25) is 4.98 Å². The maximum absolute atomic E-state index is 5.67. The van der Waals surface area contributed by atoms with Crippen LogP contribution in [0.25, 0.3) is 6.08 Å². The van der Waals surface area contributed by atoms with Crippen molar-refractivity contribution >= 4 is 17.5 Å². The van der Waals surface area contributed by atoms with Crippen molar-refractivity contribution in [2.75, 3.05) is 18.0 Å². The quantitative estimate of drug-likeness (QED) is 0.583. The SMILES string of the molecule is NCC=Cc1cncc(N)c1N. The Labute approximate surface area is 71.1 Å². The number of nitrogens with zero attached hydrogens (tertiary/aromatic N) is 1. The van der Waals surface area contributed by atoms with Crippen LogP contribution in [0.2, 0.25) is 0 Å². The maximum Gasteiger partial charge on any atom is 0.0740 e. The van der Waals surface area contributed by atoms with Gasteiger partial charge < -0.3 is 17.2 Å². The first-order valence-corrected chi connectivity index (χ1v) is 3.61. The highest BCUT2D eigenvalue weighted by atomic mass is 14.7. The lowest BCUT2D eigenvalue weighted by Gasteiger charge is -2.01. The Kier molecular flexibility index (Phi) is 2.66. The highest BCUT2D eigenvalue weighted by Crippen LogP contribution is 2.18. The van der Waals surface area contributed by atoms with Crippen molar-refractivity contribution in [2.24, 2.45) is 5.73 Å². The third-order valence-electron chi connectivity index (χ3n) is 1.48. The highest BCUT2D eigenvalue weighted by Gasteiger charge is 1.97. The standard InChI is InChI=1S/C8H12N4/c9-3-1-2-6-4-12-5-7(10)8(6)11/h1-2,4-5H,3,9-10H2,(H2,11,12). The molecule has 0 radical (unpaired) electrons. The molecule has 0 aliphatic carbocycles. The smallest absolute Gasteiger partial charge is 0.0740 e. The number of hydrogen-bond acceptors (Lipinski definition) is 4. The summed E-state index contributed by atoms with van der Waals surface area (Å²) >= 11 is 0. The molecule has 0 saturated carbocycles. The van der Waals surface area contributed by atoms with Gasteiger partial charge in [-0.05, 0) is 0 Å². The molecule has 1 aromatic heterocycles. The van der Waals surface area contributed by atoms with Crippen LogP contribution in [0.15, 0.2) is 18.5 Å². The van der Waals surface area contributed by atoms with E-state index in [1.54, 1.807) is 18.3 Å². The van der Waals surface area contributed by atoms with E-state index in [4.69, 9.17) is 17.2 Å². The van der Waals surface area contributed by atoms with Gasteiger partial charge in [0.15, 0.2) is 0 Å². The molecule has 6 N–H and O–H groups in total. The number of pyridine rings is 1. The summed E-state index contributed by atoms with van der Waals surface area (Å²) in [6.45, 7) is 0.480. The Morgan fingerprint density at radius 3 is 2.75 bits per heavy atom. The molecule has 0 saturated heterocycles. The molecular formula is C8H12N4. The third-order valence-corrected chi connectivity index (χ3v) is 1.48. The molecule has 0 aromatic carbocycles. The van der Waals surface area contributed by atoms with Gasteiger partial charge in [-0.25, -0.2) is 0 Å². The molecule has 0 unspecified atom stereocenters. The van der Waals surface area contributed by atoms with Gasteiger partial charge in [-0.15, -0.1) is 0 Å². The van der Waals surface area contributed by atoms with Crippen LogP contribution in [0.1, 0.15) is 5.56 Å². The lowest BCUT2D eigenvalue weighted by atomic mass is 10.2. The molecule has 4 nitrogen and oxygen atoms in total. The predicted molar refractivity (Wildman–Crippen MR) is 51.2 cm³/mol. The molecule has 0 bridgehead atoms. The summed E-state index contributed by atoms with van der Waals surface area (Å²) < 4.78 is 0. The number of rotatable bonds is 2. The third kappa shape index (κ3) is 1.73. The first kappa shape index (κ1) is 8.55. The van der Waals surface area contributed by atoms with Crippen LogP contribution in [0.4, 0.5) is 11.4 Å². The summed E-state index contributed by atoms with van der Waals surface area (Å²) in [5.41, 5.74) is 18.3. The Balaban J connectivity index is 3.00. The Hall–Kier alpha value is -1.55. The number of anilines is 2. The van der Waals surface area contributed by atoms with Crippen molar-refractivity contribution in [1.82, 2.24) is 4.98 Å². The minimum atomic E-state index is 0.480. The number of nitrogens with two attached hydrogens (primary N) is 3. The second kappa shape index (κ2) is 3.73. The summed E-state index contributed by atoms with van der Waals surface area (Å²) in [7, 11) is 0. The molecule has 0 aliphatic heterocycles. The van der Waals surface area contributed by atoms with E-state index in [1.807, 2.05) is 0 Å². The fraction of sp³-hybridized carbons (Fsp3) is 0.125. The van der Waals surface area contributed by atoms with E-state index < -0.39 is 0 Å². The van der Waals surface area contributed by atoms with Crippen LogP contribution >= 0.6 is 0 Å². The van der Waals surface area contributed by atoms with Crippen LogP contribution in [0.3, 0.4) is 0 Å². The second-order valence-corrected chi connectivity index (χ2v) is 2.37. The average molecular weight is 164 g/mol. The minimum Gasteiger partial charge on any atom is -0.396 e. The first-order chi connectivity index (χ1) is 5.75. The van der Waals surface area contributed by atoms with E-state index in [1.165, 1.54) is 6.20 Å². The van der Waals surface area contributed by atoms with Crippen molar-refractivity contribution in [3.63, 3.8) is 0 Å². The van der Waals surface area contributed by atoms with Crippen molar-refractivity contribution < 1.29 is 0 Å². The lowest BCUT2D eigenvalue weighted by molar-refractivity contribution is 1.26. The molecule has 12 heavy (non-hydrogen) atoms. The topological polar surface area (TPSA) is 90.9 Å². The largest absolute Gasteiger partial charge is 0.396 e. The zero-order chi connectivity index (χ0) is 8.97. The molecule has 0 fully saturated rings. The Morgan fingerprint density at radius 1 is 1.33 bits per heavy atom. The number of aromatic nitrogens is 1. The lowest BCUT2D eigenvalue weighted by Crippen LogP contribution is -1.98. The van der Waals surface area contributed by atoms with Gasteiger partial charge in [0, 0.05) is 18.3 Å². The fourth-order valence-corrected chi connectivity index (χ4v) is 0.831. The Bertz CT molecular complexity index is 293. The minimum absolute atomic E-state index is 0.480. The molecule has 64 valence electrons. The van der Waals surface area contributed by atoms with Gasteiger partial charge in [-0.2, -0.15) is 0 Å². The molecule has 1 rings (SSSR count). The zero-order valence-corrected chi connectivity index (χ0v) is 6.70. The summed E-state index contributed by atoms with van der Waals surface area (Å²) in [6, 6.07) is 0. The maximum atomic E-state index is 5.67. The van der Waals surface area contributed by atoms with E-state index in [0.717, 1.165) is 5.56 Å². The van der Waals surface area contributed by atoms with Gasteiger partial charge in [-0.1, -0.05) is 12.2 Å². The molecule has 0 atom stereocenters. The predicted octanol–water partition coefficient (Wildman–Crippen LogP) is 0.218. The van der Waals surface area contributed by atoms with Crippen molar-refractivity contribution in [1.29, 1.82) is 0 Å². The molecule has 0 spiro atoms. The van der Waals surface area contributed by atoms with E-state index in [-0.39, 0.29) is 0 Å². The van der Waals surface area contributed by atoms with Gasteiger partial charge >= 0.3 is 0 Å². The van der Waals surface area contributed by atoms with E-state index >= 15 is 0 Å². The van der Waals surface area contributed by atoms with E-state index in [2.05, 4.69) is 4.98 Å². The molecule has 1 aromatic rings. The van der Waals surface area contributed by atoms with E-state index in [9.17, 15) is 0 Å². The molecule has 1 heterocycles. The monoisotopic (exact) mass is 164 g/mol. The summed E-state index contributed by atoms with van der Waals surface area (Å²) in [6.07, 6.45) is 6.78. The second-order valence-electron chi connectivity index (χ2n) is 2.37. The molecule has 0 amide bonds. The normalized spacial score (nSPS) is 10.8. The number of nitrogen functional groups attached to an aromatic ring is 2. The van der Waals surface area contributed by atoms with Crippen LogP contribution in [0, 0.1) is 0 Å². The number of hydrogen-bond donors (Lipinski definition) is 3. The average Bonchev–Trinajstić information content (AvgIpc) is 2.08. The van der Waals surface area contributed by atoms with Gasteiger partial charge in [0.05, 0.1) is 17.6 Å². The van der Waals surface area contributed by atoms with Crippen LogP contribution in [-0.2, 0) is 0 Å². The zero-order valence-electron chi connectivity index (χ0n) is 6.70. The molecule has 0 aliphatic rings. The van der Waals surface area contributed by atoms with Gasteiger partial charge in [0.2, 0.25) is 0 Å². The van der Waals surface area contributed by atoms with Crippen LogP contribution in [-0.4, -0.2) is 11.5 Å². The van der Waals surface area contributed by atoms with Crippen molar-refractivity contribution in [3.05, 3.63) is 24.0 Å². The van der Waals surface area contributed by atoms with Crippen molar-refractivity contribution in [2.45, 2.75) is 0 Å². The summed E-state index contributed by atoms with van der Waals surface area (Å²) in [4.78, 5) is 3.90. The summed E-state index contributed by atoms with van der Waals surface area (Å²) in [5.74, 6) is 0. The first-order valence-electron chi connectivity index (χ1n) is 3.61. The Morgan fingerprint density at radius 2 is 2.08 bits per heavy atom.